The van der Waals surface area contributed by atoms with Crippen LogP contribution in [-0.4, -0.2) is 42.4 Å². The lowest BCUT2D eigenvalue weighted by molar-refractivity contribution is -0.139. The Kier molecular flexibility index (Phi) is 9.70. The number of carboxylic acids is 1. The summed E-state index contributed by atoms with van der Waals surface area (Å²) in [6, 6.07) is -0.522. The lowest BCUT2D eigenvalue weighted by Crippen LogP contribution is -2.33. The minimum Gasteiger partial charge on any atom is -0.480 e. The van der Waals surface area contributed by atoms with Crippen molar-refractivity contribution in [1.82, 2.24) is 10.6 Å². The smallest absolute Gasteiger partial charge is 0.320 e. The Morgan fingerprint density at radius 3 is 2.32 bits per heavy atom. The molecular formula is C13H24N2O4. The first kappa shape index (κ1) is 17.6. The summed E-state index contributed by atoms with van der Waals surface area (Å²) in [5.41, 5.74) is 0. The van der Waals surface area contributed by atoms with E-state index in [1.165, 1.54) is 6.92 Å². The fraction of sp³-hybridized carbons (Fsp3) is 0.769. The van der Waals surface area contributed by atoms with Crippen LogP contribution in [0.3, 0.4) is 0 Å². The second-order valence-electron chi connectivity index (χ2n) is 4.58. The van der Waals surface area contributed by atoms with Crippen LogP contribution in [0.5, 0.6) is 0 Å². The van der Waals surface area contributed by atoms with Crippen LogP contribution in [0.25, 0.3) is 0 Å². The third-order valence-electron chi connectivity index (χ3n) is 2.82. The molecule has 0 aliphatic carbocycles. The number of likely N-dealkylation sites (N-methyl/N-ethyl adjacent to an activating group) is 1. The maximum absolute atomic E-state index is 11.4. The number of carbonyl (C=O) groups is 3. The highest BCUT2D eigenvalue weighted by Gasteiger charge is 2.13. The van der Waals surface area contributed by atoms with E-state index in [4.69, 9.17) is 5.11 Å². The van der Waals surface area contributed by atoms with Gasteiger partial charge in [-0.15, -0.1) is 0 Å². The zero-order valence-electron chi connectivity index (χ0n) is 11.7. The fourth-order valence-corrected chi connectivity index (χ4v) is 1.68. The van der Waals surface area contributed by atoms with E-state index in [0.29, 0.717) is 32.2 Å². The van der Waals surface area contributed by atoms with Gasteiger partial charge in [-0.1, -0.05) is 0 Å². The van der Waals surface area contributed by atoms with Crippen LogP contribution in [0.4, 0.5) is 0 Å². The predicted octanol–water partition coefficient (Wildman–Crippen LogP) is 0.705. The molecule has 0 fully saturated rings. The Balaban J connectivity index is 3.50. The van der Waals surface area contributed by atoms with Crippen LogP contribution in [-0.2, 0) is 14.4 Å². The first-order valence-electron chi connectivity index (χ1n) is 6.63. The summed E-state index contributed by atoms with van der Waals surface area (Å²) in [6.45, 7) is 2.06. The van der Waals surface area contributed by atoms with E-state index < -0.39 is 12.0 Å². The van der Waals surface area contributed by atoms with Gasteiger partial charge in [0.1, 0.15) is 11.8 Å². The number of nitrogens with one attached hydrogen (secondary N) is 2. The van der Waals surface area contributed by atoms with E-state index in [1.54, 1.807) is 7.05 Å². The Hall–Kier alpha value is -1.43. The molecule has 1 unspecified atom stereocenters. The summed E-state index contributed by atoms with van der Waals surface area (Å²) in [4.78, 5) is 32.8. The van der Waals surface area contributed by atoms with Crippen molar-refractivity contribution < 1.29 is 19.5 Å². The Morgan fingerprint density at radius 2 is 1.79 bits per heavy atom. The SMILES string of the molecule is CNC(CCCCNC(=O)CCCC(C)=O)C(=O)O. The van der Waals surface area contributed by atoms with Crippen LogP contribution in [0.15, 0.2) is 0 Å². The van der Waals surface area contributed by atoms with Gasteiger partial charge in [-0.25, -0.2) is 0 Å². The number of aliphatic carboxylic acids is 1. The molecule has 110 valence electrons. The van der Waals surface area contributed by atoms with Crippen LogP contribution in [0.2, 0.25) is 0 Å². The van der Waals surface area contributed by atoms with E-state index in [9.17, 15) is 14.4 Å². The summed E-state index contributed by atoms with van der Waals surface area (Å²) in [7, 11) is 1.62. The zero-order valence-corrected chi connectivity index (χ0v) is 11.7. The summed E-state index contributed by atoms with van der Waals surface area (Å²) >= 11 is 0. The molecule has 0 aromatic heterocycles. The van der Waals surface area contributed by atoms with Crippen LogP contribution < -0.4 is 10.6 Å². The number of hydrogen-bond acceptors (Lipinski definition) is 4. The first-order valence-corrected chi connectivity index (χ1v) is 6.63. The van der Waals surface area contributed by atoms with E-state index in [2.05, 4.69) is 10.6 Å². The van der Waals surface area contributed by atoms with Gasteiger partial charge in [-0.2, -0.15) is 0 Å². The van der Waals surface area contributed by atoms with Crippen molar-refractivity contribution in [2.75, 3.05) is 13.6 Å². The van der Waals surface area contributed by atoms with Gasteiger partial charge in [-0.3, -0.25) is 9.59 Å². The number of ketones is 1. The summed E-state index contributed by atoms with van der Waals surface area (Å²) in [5, 5.41) is 14.3. The van der Waals surface area contributed by atoms with E-state index in [1.807, 2.05) is 0 Å². The highest BCUT2D eigenvalue weighted by molar-refractivity contribution is 5.78. The number of unbranched alkanes of at least 4 members (excludes halogenated alkanes) is 1. The average Bonchev–Trinajstić information content (AvgIpc) is 2.32. The molecule has 1 atom stereocenters. The molecule has 0 saturated carbocycles. The molecule has 0 spiro atoms. The molecule has 0 aliphatic heterocycles. The number of amides is 1. The van der Waals surface area contributed by atoms with Crippen molar-refractivity contribution in [2.24, 2.45) is 0 Å². The van der Waals surface area contributed by atoms with Gasteiger partial charge in [0.05, 0.1) is 0 Å². The topological polar surface area (TPSA) is 95.5 Å². The van der Waals surface area contributed by atoms with Gasteiger partial charge in [0, 0.05) is 19.4 Å². The van der Waals surface area contributed by atoms with E-state index in [-0.39, 0.29) is 11.7 Å². The molecule has 0 aliphatic rings. The Morgan fingerprint density at radius 1 is 1.11 bits per heavy atom. The van der Waals surface area contributed by atoms with Gasteiger partial charge in [0.15, 0.2) is 0 Å². The fourth-order valence-electron chi connectivity index (χ4n) is 1.68. The molecule has 6 heteroatoms. The molecule has 0 saturated heterocycles. The van der Waals surface area contributed by atoms with Gasteiger partial charge in [-0.05, 0) is 39.7 Å². The molecular weight excluding hydrogens is 248 g/mol. The summed E-state index contributed by atoms with van der Waals surface area (Å²) in [5.74, 6) is -0.806. The maximum atomic E-state index is 11.4. The molecule has 0 bridgehead atoms. The van der Waals surface area contributed by atoms with Gasteiger partial charge in [0.25, 0.3) is 0 Å². The second-order valence-corrected chi connectivity index (χ2v) is 4.58. The largest absolute Gasteiger partial charge is 0.480 e. The number of carboxylic acid groups (broad SMARTS) is 1. The van der Waals surface area contributed by atoms with Gasteiger partial charge in [0.2, 0.25) is 5.91 Å². The molecule has 3 N–H and O–H groups in total. The quantitative estimate of drug-likeness (QED) is 0.481. The van der Waals surface area contributed by atoms with Crippen LogP contribution in [0.1, 0.15) is 45.4 Å². The van der Waals surface area contributed by atoms with Crippen molar-refractivity contribution >= 4 is 17.7 Å². The van der Waals surface area contributed by atoms with Crippen molar-refractivity contribution in [3.8, 4) is 0 Å². The van der Waals surface area contributed by atoms with E-state index in [0.717, 1.165) is 12.8 Å². The molecule has 19 heavy (non-hydrogen) atoms. The lowest BCUT2D eigenvalue weighted by atomic mass is 10.1. The standard InChI is InChI=1S/C13H24N2O4/c1-10(16)6-5-8-12(17)15-9-4-3-7-11(14-2)13(18)19/h11,14H,3-9H2,1-2H3,(H,15,17)(H,18,19). The average molecular weight is 272 g/mol. The molecule has 0 heterocycles. The molecule has 0 rings (SSSR count). The van der Waals surface area contributed by atoms with Crippen molar-refractivity contribution in [3.05, 3.63) is 0 Å². The highest BCUT2D eigenvalue weighted by Crippen LogP contribution is 2.01. The van der Waals surface area contributed by atoms with Crippen molar-refractivity contribution in [2.45, 2.75) is 51.5 Å². The molecule has 6 nitrogen and oxygen atoms in total. The molecule has 0 aromatic carbocycles. The summed E-state index contributed by atoms with van der Waals surface area (Å²) < 4.78 is 0. The third kappa shape index (κ3) is 10.2. The normalized spacial score (nSPS) is 11.9. The van der Waals surface area contributed by atoms with E-state index >= 15 is 0 Å². The Labute approximate surface area is 113 Å². The molecule has 0 radical (unpaired) electrons. The highest BCUT2D eigenvalue weighted by atomic mass is 16.4. The van der Waals surface area contributed by atoms with Gasteiger partial charge >= 0.3 is 5.97 Å². The Bertz CT molecular complexity index is 305. The van der Waals surface area contributed by atoms with Crippen LogP contribution >= 0.6 is 0 Å². The third-order valence-corrected chi connectivity index (χ3v) is 2.82. The minimum absolute atomic E-state index is 0.0512. The first-order chi connectivity index (χ1) is 8.97. The second kappa shape index (κ2) is 10.5. The summed E-state index contributed by atoms with van der Waals surface area (Å²) in [6.07, 6.45) is 3.44. The number of hydrogen-bond donors (Lipinski definition) is 3. The van der Waals surface area contributed by atoms with Gasteiger partial charge < -0.3 is 20.5 Å². The maximum Gasteiger partial charge on any atom is 0.320 e. The monoisotopic (exact) mass is 272 g/mol. The minimum atomic E-state index is -0.851. The molecule has 1 amide bonds. The zero-order chi connectivity index (χ0) is 14.7. The molecule has 0 aromatic rings. The lowest BCUT2D eigenvalue weighted by Gasteiger charge is -2.10. The predicted molar refractivity (Wildman–Crippen MR) is 71.9 cm³/mol. The van der Waals surface area contributed by atoms with Crippen LogP contribution in [0, 0.1) is 0 Å². The number of carbonyl (C=O) groups excluding carboxylic acids is 2. The van der Waals surface area contributed by atoms with Crippen molar-refractivity contribution in [1.29, 1.82) is 0 Å². The number of rotatable bonds is 11. The number of Topliss-reactive ketones (excluding diaryl/α,β-unsaturated/α-hetero) is 1. The van der Waals surface area contributed by atoms with Crippen molar-refractivity contribution in [3.63, 3.8) is 0 Å².